The molecule has 0 aliphatic heterocycles. The molecule has 0 unspecified atom stereocenters. The van der Waals surface area contributed by atoms with Crippen LogP contribution < -0.4 is 5.32 Å². The van der Waals surface area contributed by atoms with Gasteiger partial charge in [0, 0.05) is 21.8 Å². The van der Waals surface area contributed by atoms with Crippen molar-refractivity contribution in [1.82, 2.24) is 9.78 Å². The predicted octanol–water partition coefficient (Wildman–Crippen LogP) is 6.41. The van der Waals surface area contributed by atoms with Gasteiger partial charge in [-0.25, -0.2) is 9.48 Å². The molecule has 1 heterocycles. The molecule has 2 N–H and O–H groups in total. The summed E-state index contributed by atoms with van der Waals surface area (Å²) >= 11 is 12.6. The maximum atomic E-state index is 13.1. The zero-order valence-electron chi connectivity index (χ0n) is 17.8. The number of benzene rings is 3. The Bertz CT molecular complexity index is 1360. The highest BCUT2D eigenvalue weighted by atomic mass is 35.5. The van der Waals surface area contributed by atoms with Crippen molar-refractivity contribution in [3.05, 3.63) is 99.2 Å². The zero-order valence-corrected chi connectivity index (χ0v) is 19.3. The summed E-state index contributed by atoms with van der Waals surface area (Å²) < 4.78 is 1.66. The van der Waals surface area contributed by atoms with E-state index in [0.29, 0.717) is 32.7 Å². The van der Waals surface area contributed by atoms with Crippen LogP contribution in [0.4, 0.5) is 5.69 Å². The number of aryl methyl sites for hydroxylation is 1. The molecule has 0 saturated heterocycles. The third kappa shape index (κ3) is 4.62. The Morgan fingerprint density at radius 3 is 2.21 bits per heavy atom. The topological polar surface area (TPSA) is 84.2 Å². The maximum absolute atomic E-state index is 13.1. The molecule has 0 atom stereocenters. The third-order valence-corrected chi connectivity index (χ3v) is 5.73. The van der Waals surface area contributed by atoms with Gasteiger partial charge >= 0.3 is 5.97 Å². The van der Waals surface area contributed by atoms with Crippen LogP contribution in [0.1, 0.15) is 32.0 Å². The van der Waals surface area contributed by atoms with Crippen LogP contribution in [0.3, 0.4) is 0 Å². The SMILES string of the molecule is Cc1ccc(-n2nc(C(=O)Nc3ccc(C(=O)O)cc3)c(C)c2-c2ccc(Cl)cc2)c(Cl)c1. The molecule has 4 rings (SSSR count). The highest BCUT2D eigenvalue weighted by Crippen LogP contribution is 2.32. The van der Waals surface area contributed by atoms with Gasteiger partial charge in [-0.15, -0.1) is 0 Å². The van der Waals surface area contributed by atoms with Crippen LogP contribution in [-0.4, -0.2) is 26.8 Å². The maximum Gasteiger partial charge on any atom is 0.335 e. The summed E-state index contributed by atoms with van der Waals surface area (Å²) in [5.41, 5.74) is 4.65. The largest absolute Gasteiger partial charge is 0.478 e. The van der Waals surface area contributed by atoms with Gasteiger partial charge < -0.3 is 10.4 Å². The molecule has 166 valence electrons. The second-order valence-electron chi connectivity index (χ2n) is 7.53. The number of aromatic nitrogens is 2. The van der Waals surface area contributed by atoms with E-state index < -0.39 is 11.9 Å². The van der Waals surface area contributed by atoms with E-state index in [2.05, 4.69) is 10.4 Å². The molecule has 0 aliphatic carbocycles. The molecule has 0 saturated carbocycles. The number of nitrogens with one attached hydrogen (secondary N) is 1. The summed E-state index contributed by atoms with van der Waals surface area (Å²) in [5, 5.41) is 17.5. The molecule has 3 aromatic carbocycles. The Balaban J connectivity index is 1.79. The minimum absolute atomic E-state index is 0.132. The lowest BCUT2D eigenvalue weighted by atomic mass is 10.1. The minimum Gasteiger partial charge on any atom is -0.478 e. The van der Waals surface area contributed by atoms with Crippen molar-refractivity contribution in [2.75, 3.05) is 5.32 Å². The molecule has 1 aromatic heterocycles. The first-order valence-electron chi connectivity index (χ1n) is 10.0. The number of hydrogen-bond donors (Lipinski definition) is 2. The van der Waals surface area contributed by atoms with Gasteiger partial charge in [-0.2, -0.15) is 5.10 Å². The fourth-order valence-corrected chi connectivity index (χ4v) is 3.94. The lowest BCUT2D eigenvalue weighted by molar-refractivity contribution is 0.0696. The normalized spacial score (nSPS) is 10.8. The first-order chi connectivity index (χ1) is 15.7. The molecule has 1 amide bonds. The van der Waals surface area contributed by atoms with E-state index in [0.717, 1.165) is 11.1 Å². The smallest absolute Gasteiger partial charge is 0.335 e. The molecule has 33 heavy (non-hydrogen) atoms. The quantitative estimate of drug-likeness (QED) is 0.346. The van der Waals surface area contributed by atoms with E-state index in [1.807, 2.05) is 44.2 Å². The minimum atomic E-state index is -1.04. The standard InChI is InChI=1S/C25H19Cl2N3O3/c1-14-3-12-21(20(27)13-14)30-23(16-4-8-18(26)9-5-16)15(2)22(29-30)24(31)28-19-10-6-17(7-11-19)25(32)33/h3-13H,1-2H3,(H,28,31)(H,32,33). The monoisotopic (exact) mass is 479 g/mol. The van der Waals surface area contributed by atoms with Crippen molar-refractivity contribution in [1.29, 1.82) is 0 Å². The highest BCUT2D eigenvalue weighted by molar-refractivity contribution is 6.32. The van der Waals surface area contributed by atoms with Crippen LogP contribution in [0.5, 0.6) is 0 Å². The Morgan fingerprint density at radius 1 is 0.939 bits per heavy atom. The number of nitrogens with zero attached hydrogens (tertiary/aromatic N) is 2. The summed E-state index contributed by atoms with van der Waals surface area (Å²) in [4.78, 5) is 24.2. The van der Waals surface area contributed by atoms with Crippen LogP contribution >= 0.6 is 23.2 Å². The predicted molar refractivity (Wildman–Crippen MR) is 130 cm³/mol. The molecule has 0 spiro atoms. The van der Waals surface area contributed by atoms with Crippen molar-refractivity contribution >= 4 is 40.8 Å². The van der Waals surface area contributed by atoms with Crippen LogP contribution in [0.15, 0.2) is 66.7 Å². The second-order valence-corrected chi connectivity index (χ2v) is 8.38. The summed E-state index contributed by atoms with van der Waals surface area (Å²) in [7, 11) is 0. The number of carbonyl (C=O) groups excluding carboxylic acids is 1. The first-order valence-corrected chi connectivity index (χ1v) is 10.8. The lowest BCUT2D eigenvalue weighted by Crippen LogP contribution is -2.14. The van der Waals surface area contributed by atoms with Crippen LogP contribution in [-0.2, 0) is 0 Å². The fourth-order valence-electron chi connectivity index (χ4n) is 3.50. The van der Waals surface area contributed by atoms with Gasteiger partial charge in [0.05, 0.1) is 22.0 Å². The first kappa shape index (κ1) is 22.6. The van der Waals surface area contributed by atoms with Gasteiger partial charge in [0.2, 0.25) is 0 Å². The summed E-state index contributed by atoms with van der Waals surface area (Å²) in [6.07, 6.45) is 0. The number of carboxylic acids is 1. The van der Waals surface area contributed by atoms with Crippen molar-refractivity contribution in [2.24, 2.45) is 0 Å². The molecular formula is C25H19Cl2N3O3. The van der Waals surface area contributed by atoms with Gasteiger partial charge in [0.25, 0.3) is 5.91 Å². The number of anilines is 1. The average Bonchev–Trinajstić information content (AvgIpc) is 3.11. The van der Waals surface area contributed by atoms with Crippen molar-refractivity contribution in [3.63, 3.8) is 0 Å². The molecule has 0 fully saturated rings. The average molecular weight is 480 g/mol. The number of carboxylic acid groups (broad SMARTS) is 1. The van der Waals surface area contributed by atoms with E-state index >= 15 is 0 Å². The Hall–Kier alpha value is -3.61. The lowest BCUT2D eigenvalue weighted by Gasteiger charge is -2.11. The fraction of sp³-hybridized carbons (Fsp3) is 0.0800. The van der Waals surface area contributed by atoms with Crippen LogP contribution in [0, 0.1) is 13.8 Å². The molecule has 0 radical (unpaired) electrons. The van der Waals surface area contributed by atoms with E-state index in [-0.39, 0.29) is 11.3 Å². The number of halogens is 2. The number of aromatic carboxylic acids is 1. The van der Waals surface area contributed by atoms with E-state index in [1.54, 1.807) is 16.8 Å². The number of amides is 1. The van der Waals surface area contributed by atoms with Gasteiger partial charge in [-0.1, -0.05) is 41.4 Å². The van der Waals surface area contributed by atoms with Crippen molar-refractivity contribution < 1.29 is 14.7 Å². The summed E-state index contributed by atoms with van der Waals surface area (Å²) in [6.45, 7) is 3.76. The van der Waals surface area contributed by atoms with Gasteiger partial charge in [0.15, 0.2) is 5.69 Å². The molecule has 8 heteroatoms. The Morgan fingerprint density at radius 2 is 1.61 bits per heavy atom. The number of rotatable bonds is 5. The highest BCUT2D eigenvalue weighted by Gasteiger charge is 2.23. The van der Waals surface area contributed by atoms with E-state index in [1.165, 1.54) is 24.3 Å². The van der Waals surface area contributed by atoms with E-state index in [4.69, 9.17) is 28.3 Å². The molecule has 4 aromatic rings. The zero-order chi connectivity index (χ0) is 23.7. The molecule has 0 aliphatic rings. The molecular weight excluding hydrogens is 461 g/mol. The molecule has 0 bridgehead atoms. The van der Waals surface area contributed by atoms with Crippen molar-refractivity contribution in [2.45, 2.75) is 13.8 Å². The third-order valence-electron chi connectivity index (χ3n) is 5.18. The van der Waals surface area contributed by atoms with E-state index in [9.17, 15) is 9.59 Å². The summed E-state index contributed by atoms with van der Waals surface area (Å²) in [6, 6.07) is 18.8. The Labute approximate surface area is 200 Å². The van der Waals surface area contributed by atoms with Crippen LogP contribution in [0.2, 0.25) is 10.0 Å². The van der Waals surface area contributed by atoms with Crippen LogP contribution in [0.25, 0.3) is 16.9 Å². The summed E-state index contributed by atoms with van der Waals surface area (Å²) in [5.74, 6) is -1.46. The second kappa shape index (κ2) is 9.10. The molecule has 6 nitrogen and oxygen atoms in total. The number of carbonyl (C=O) groups is 2. The van der Waals surface area contributed by atoms with Gasteiger partial charge in [0.1, 0.15) is 0 Å². The van der Waals surface area contributed by atoms with Crippen molar-refractivity contribution in [3.8, 4) is 16.9 Å². The van der Waals surface area contributed by atoms with Gasteiger partial charge in [-0.3, -0.25) is 4.79 Å². The number of hydrogen-bond acceptors (Lipinski definition) is 3. The Kier molecular flexibility index (Phi) is 6.22. The van der Waals surface area contributed by atoms with Gasteiger partial charge in [-0.05, 0) is 67.9 Å².